The second-order valence-corrected chi connectivity index (χ2v) is 23.8. The topological polar surface area (TPSA) is 67.4 Å². The molecule has 440 valence electrons. The van der Waals surface area contributed by atoms with Crippen LogP contribution in [0.15, 0.2) is 18.2 Å². The van der Waals surface area contributed by atoms with E-state index in [0.717, 1.165) is 38.5 Å². The van der Waals surface area contributed by atoms with E-state index in [9.17, 15) is 9.59 Å². The lowest BCUT2D eigenvalue weighted by molar-refractivity contribution is 0.0937. The van der Waals surface area contributed by atoms with Gasteiger partial charge < -0.3 is 15.4 Å². The number of hydrogen-bond acceptors (Lipinski definition) is 3. The molecule has 0 saturated heterocycles. The van der Waals surface area contributed by atoms with Crippen molar-refractivity contribution in [2.45, 2.75) is 380 Å². The minimum absolute atomic E-state index is 0.0728. The summed E-state index contributed by atoms with van der Waals surface area (Å²) in [5, 5.41) is 6.33. The molecule has 0 aromatic heterocycles. The average Bonchev–Trinajstić information content (AvgIpc) is 3.42. The van der Waals surface area contributed by atoms with Crippen molar-refractivity contribution >= 4 is 11.8 Å². The maximum Gasteiger partial charge on any atom is 0.255 e. The highest BCUT2D eigenvalue weighted by Crippen LogP contribution is 2.23. The fraction of sp³-hybridized carbons (Fsp3) is 0.886. The van der Waals surface area contributed by atoms with Gasteiger partial charge in [0.15, 0.2) is 0 Å². The number of ether oxygens (including phenoxy) is 1. The van der Waals surface area contributed by atoms with Gasteiger partial charge in [0.05, 0.1) is 12.2 Å². The molecule has 2 N–H and O–H groups in total. The van der Waals surface area contributed by atoms with Crippen molar-refractivity contribution in [3.05, 3.63) is 29.3 Å². The lowest BCUT2D eigenvalue weighted by Gasteiger charge is -2.14. The Morgan fingerprint density at radius 2 is 0.520 bits per heavy atom. The fourth-order valence-electron chi connectivity index (χ4n) is 11.2. The number of unbranched alkanes of at least 4 members (excludes halogenated alkanes) is 53. The Kier molecular flexibility index (Phi) is 56.4. The summed E-state index contributed by atoms with van der Waals surface area (Å²) in [6.07, 6.45) is 76.1. The first-order valence-corrected chi connectivity index (χ1v) is 34.5. The smallest absolute Gasteiger partial charge is 0.255 e. The molecule has 1 rings (SSSR count). The standard InChI is InChI=1S/C70H132N2O3/c1-4-7-10-13-16-19-22-25-28-31-33-35-37-39-42-45-48-51-54-57-62-71-69(73)66-60-61-67(68(65-66)75-64-59-56-53-50-47-44-41-30-27-24-21-18-15-12-9-6-3)70(74)72-63-58-55-52-49-46-43-40-38-36-34-32-29-26-23-20-17-14-11-8-5-2/h60-61,65H,4-59,62-64H2,1-3H3,(H,71,73)(H,72,74). The number of hydrogen-bond donors (Lipinski definition) is 2. The molecule has 0 spiro atoms. The summed E-state index contributed by atoms with van der Waals surface area (Å²) in [5.41, 5.74) is 1.13. The maximum atomic E-state index is 13.5. The molecule has 0 saturated carbocycles. The predicted molar refractivity (Wildman–Crippen MR) is 332 cm³/mol. The first-order chi connectivity index (χ1) is 37.1. The fourth-order valence-corrected chi connectivity index (χ4v) is 11.2. The Hall–Kier alpha value is -2.04. The zero-order valence-electron chi connectivity index (χ0n) is 51.2. The van der Waals surface area contributed by atoms with Gasteiger partial charge in [-0.2, -0.15) is 0 Å². The normalized spacial score (nSPS) is 11.5. The molecule has 0 aliphatic heterocycles. The minimum Gasteiger partial charge on any atom is -0.493 e. The number of carbonyl (C=O) groups is 2. The number of rotatable bonds is 62. The summed E-state index contributed by atoms with van der Waals surface area (Å²) in [7, 11) is 0. The monoisotopic (exact) mass is 1050 g/mol. The van der Waals surface area contributed by atoms with Crippen LogP contribution in [0.2, 0.25) is 0 Å². The molecule has 0 aliphatic carbocycles. The predicted octanol–water partition coefficient (Wildman–Crippen LogP) is 23.4. The zero-order valence-corrected chi connectivity index (χ0v) is 51.2. The van der Waals surface area contributed by atoms with E-state index in [-0.39, 0.29) is 11.8 Å². The molecule has 0 atom stereocenters. The van der Waals surface area contributed by atoms with E-state index in [1.807, 2.05) is 12.1 Å². The molecule has 1 aromatic rings. The number of benzene rings is 1. The molecule has 5 nitrogen and oxygen atoms in total. The summed E-state index contributed by atoms with van der Waals surface area (Å²) >= 11 is 0. The van der Waals surface area contributed by atoms with Gasteiger partial charge in [0, 0.05) is 18.7 Å². The molecule has 1 aromatic carbocycles. The summed E-state index contributed by atoms with van der Waals surface area (Å²) < 4.78 is 6.33. The van der Waals surface area contributed by atoms with Crippen molar-refractivity contribution in [2.24, 2.45) is 0 Å². The van der Waals surface area contributed by atoms with Crippen LogP contribution in [0.4, 0.5) is 0 Å². The highest BCUT2D eigenvalue weighted by Gasteiger charge is 2.16. The minimum atomic E-state index is -0.0916. The van der Waals surface area contributed by atoms with Crippen molar-refractivity contribution in [3.63, 3.8) is 0 Å². The van der Waals surface area contributed by atoms with Crippen molar-refractivity contribution in [2.75, 3.05) is 19.7 Å². The van der Waals surface area contributed by atoms with Gasteiger partial charge >= 0.3 is 0 Å². The van der Waals surface area contributed by atoms with Gasteiger partial charge in [-0.1, -0.05) is 361 Å². The van der Waals surface area contributed by atoms with Gasteiger partial charge in [0.25, 0.3) is 11.8 Å². The molecule has 0 bridgehead atoms. The maximum absolute atomic E-state index is 13.5. The summed E-state index contributed by atoms with van der Waals surface area (Å²) in [4.78, 5) is 26.8. The molecule has 0 radical (unpaired) electrons. The van der Waals surface area contributed by atoms with E-state index in [0.29, 0.717) is 36.6 Å². The first-order valence-electron chi connectivity index (χ1n) is 34.5. The number of carbonyl (C=O) groups excluding carboxylic acids is 2. The highest BCUT2D eigenvalue weighted by molar-refractivity contribution is 6.00. The number of amides is 2. The molecule has 0 fully saturated rings. The van der Waals surface area contributed by atoms with Crippen molar-refractivity contribution in [3.8, 4) is 5.75 Å². The second-order valence-electron chi connectivity index (χ2n) is 23.8. The Labute approximate surface area is 469 Å². The van der Waals surface area contributed by atoms with Crippen LogP contribution in [-0.2, 0) is 0 Å². The number of nitrogens with one attached hydrogen (secondary N) is 2. The van der Waals surface area contributed by atoms with Gasteiger partial charge in [-0.15, -0.1) is 0 Å². The quantitative estimate of drug-likeness (QED) is 0.0639. The third-order valence-electron chi connectivity index (χ3n) is 16.4. The van der Waals surface area contributed by atoms with Gasteiger partial charge in [-0.3, -0.25) is 9.59 Å². The van der Waals surface area contributed by atoms with E-state index in [1.165, 1.54) is 321 Å². The Balaban J connectivity index is 2.32. The molecular formula is C70H132N2O3. The van der Waals surface area contributed by atoms with Crippen LogP contribution >= 0.6 is 0 Å². The Morgan fingerprint density at radius 3 is 0.787 bits per heavy atom. The van der Waals surface area contributed by atoms with Crippen molar-refractivity contribution < 1.29 is 14.3 Å². The van der Waals surface area contributed by atoms with Gasteiger partial charge in [0.2, 0.25) is 0 Å². The second kappa shape index (κ2) is 59.6. The lowest BCUT2D eigenvalue weighted by Crippen LogP contribution is -2.26. The van der Waals surface area contributed by atoms with Crippen LogP contribution < -0.4 is 15.4 Å². The largest absolute Gasteiger partial charge is 0.493 e. The van der Waals surface area contributed by atoms with Crippen LogP contribution in [0.25, 0.3) is 0 Å². The lowest BCUT2D eigenvalue weighted by atomic mass is 10.0. The van der Waals surface area contributed by atoms with E-state index in [2.05, 4.69) is 31.4 Å². The molecular weight excluding hydrogens is 917 g/mol. The van der Waals surface area contributed by atoms with Gasteiger partial charge in [0.1, 0.15) is 5.75 Å². The van der Waals surface area contributed by atoms with Crippen LogP contribution in [0.3, 0.4) is 0 Å². The SMILES string of the molecule is CCCCCCCCCCCCCCCCCCCCCCNC(=O)c1ccc(C(=O)NCCCCCCCCCCCCCCCCCCCCCC)c(OCCCCCCCCCCCCCCCCCC)c1. The Bertz CT molecular complexity index is 1310. The van der Waals surface area contributed by atoms with Crippen LogP contribution in [0.1, 0.15) is 401 Å². The van der Waals surface area contributed by atoms with E-state index >= 15 is 0 Å². The van der Waals surface area contributed by atoms with Gasteiger partial charge in [-0.25, -0.2) is 0 Å². The molecule has 75 heavy (non-hydrogen) atoms. The summed E-state index contributed by atoms with van der Waals surface area (Å²) in [6, 6.07) is 5.43. The molecule has 0 aliphatic rings. The van der Waals surface area contributed by atoms with Crippen LogP contribution in [-0.4, -0.2) is 31.5 Å². The van der Waals surface area contributed by atoms with E-state index < -0.39 is 0 Å². The van der Waals surface area contributed by atoms with Crippen LogP contribution in [0, 0.1) is 0 Å². The summed E-state index contributed by atoms with van der Waals surface area (Å²) in [6.45, 7) is 8.83. The molecule has 2 amide bonds. The first kappa shape index (κ1) is 71.0. The van der Waals surface area contributed by atoms with Crippen LogP contribution in [0.5, 0.6) is 5.75 Å². The molecule has 0 unspecified atom stereocenters. The third kappa shape index (κ3) is 50.0. The highest BCUT2D eigenvalue weighted by atomic mass is 16.5. The van der Waals surface area contributed by atoms with Gasteiger partial charge in [-0.05, 0) is 37.5 Å². The van der Waals surface area contributed by atoms with E-state index in [4.69, 9.17) is 4.74 Å². The zero-order chi connectivity index (χ0) is 53.8. The molecule has 0 heterocycles. The average molecular weight is 1050 g/mol. The molecule has 5 heteroatoms. The summed E-state index contributed by atoms with van der Waals surface area (Å²) in [5.74, 6) is 0.380. The van der Waals surface area contributed by atoms with Crippen molar-refractivity contribution in [1.29, 1.82) is 0 Å². The van der Waals surface area contributed by atoms with E-state index in [1.54, 1.807) is 6.07 Å². The van der Waals surface area contributed by atoms with Crippen molar-refractivity contribution in [1.82, 2.24) is 10.6 Å². The Morgan fingerprint density at radius 1 is 0.293 bits per heavy atom. The third-order valence-corrected chi connectivity index (χ3v) is 16.4.